The van der Waals surface area contributed by atoms with Crippen LogP contribution in [0.4, 0.5) is 5.82 Å². The van der Waals surface area contributed by atoms with Crippen molar-refractivity contribution in [3.8, 4) is 17.1 Å². The second-order valence-electron chi connectivity index (χ2n) is 4.63. The molecule has 1 aromatic heterocycles. The Bertz CT molecular complexity index is 539. The highest BCUT2D eigenvalue weighted by Crippen LogP contribution is 2.26. The van der Waals surface area contributed by atoms with E-state index in [2.05, 4.69) is 23.8 Å². The highest BCUT2D eigenvalue weighted by Gasteiger charge is 2.13. The summed E-state index contributed by atoms with van der Waals surface area (Å²) in [6.07, 6.45) is 0. The Morgan fingerprint density at radius 2 is 1.72 bits per heavy atom. The first-order valence-electron chi connectivity index (χ1n) is 5.92. The Morgan fingerprint density at radius 1 is 1.11 bits per heavy atom. The van der Waals surface area contributed by atoms with Crippen LogP contribution in [0.3, 0.4) is 0 Å². The minimum absolute atomic E-state index is 0.224. The van der Waals surface area contributed by atoms with Crippen LogP contribution < -0.4 is 5.73 Å². The fourth-order valence-corrected chi connectivity index (χ4v) is 2.06. The quantitative estimate of drug-likeness (QED) is 0.850. The predicted molar refractivity (Wildman–Crippen MR) is 72.4 cm³/mol. The van der Waals surface area contributed by atoms with Crippen LogP contribution >= 0.6 is 0 Å². The molecule has 4 nitrogen and oxygen atoms in total. The normalized spacial score (nSPS) is 10.9. The number of phenols is 1. The van der Waals surface area contributed by atoms with Gasteiger partial charge in [0.05, 0.1) is 0 Å². The number of nitrogens with two attached hydrogens (primary N) is 1. The van der Waals surface area contributed by atoms with Gasteiger partial charge in [-0.05, 0) is 37.1 Å². The number of aryl methyl sites for hydroxylation is 1. The first-order valence-corrected chi connectivity index (χ1v) is 5.92. The van der Waals surface area contributed by atoms with E-state index in [0.29, 0.717) is 17.6 Å². The van der Waals surface area contributed by atoms with Crippen molar-refractivity contribution in [1.29, 1.82) is 0 Å². The van der Waals surface area contributed by atoms with E-state index in [0.717, 1.165) is 16.8 Å². The summed E-state index contributed by atoms with van der Waals surface area (Å²) in [4.78, 5) is 8.82. The van der Waals surface area contributed by atoms with Crippen LogP contribution in [0.25, 0.3) is 11.4 Å². The maximum atomic E-state index is 9.26. The van der Waals surface area contributed by atoms with Gasteiger partial charge < -0.3 is 10.8 Å². The van der Waals surface area contributed by atoms with Gasteiger partial charge in [0.15, 0.2) is 5.82 Å². The second kappa shape index (κ2) is 4.64. The van der Waals surface area contributed by atoms with Crippen LogP contribution in [0, 0.1) is 6.92 Å². The summed E-state index contributed by atoms with van der Waals surface area (Å²) in [5, 5.41) is 9.26. The van der Waals surface area contributed by atoms with Crippen molar-refractivity contribution < 1.29 is 5.11 Å². The van der Waals surface area contributed by atoms with Gasteiger partial charge in [0.25, 0.3) is 0 Å². The lowest BCUT2D eigenvalue weighted by Crippen LogP contribution is -2.06. The Labute approximate surface area is 107 Å². The third kappa shape index (κ3) is 2.27. The Morgan fingerprint density at radius 3 is 2.22 bits per heavy atom. The summed E-state index contributed by atoms with van der Waals surface area (Å²) in [6, 6.07) is 6.78. The van der Waals surface area contributed by atoms with Crippen LogP contribution in [0.5, 0.6) is 5.75 Å². The molecule has 0 saturated heterocycles. The van der Waals surface area contributed by atoms with Crippen molar-refractivity contribution in [3.63, 3.8) is 0 Å². The Hall–Kier alpha value is -2.10. The summed E-state index contributed by atoms with van der Waals surface area (Å²) < 4.78 is 0. The molecule has 0 saturated carbocycles. The highest BCUT2D eigenvalue weighted by atomic mass is 16.3. The number of rotatable bonds is 2. The largest absolute Gasteiger partial charge is 0.508 e. The van der Waals surface area contributed by atoms with Crippen molar-refractivity contribution in [2.45, 2.75) is 26.7 Å². The molecule has 4 heteroatoms. The molecule has 0 atom stereocenters. The van der Waals surface area contributed by atoms with E-state index in [4.69, 9.17) is 5.73 Å². The molecule has 2 rings (SSSR count). The number of nitrogens with zero attached hydrogens (tertiary/aromatic N) is 2. The first kappa shape index (κ1) is 12.4. The average Bonchev–Trinajstić information content (AvgIpc) is 2.28. The predicted octanol–water partition coefficient (Wildman–Crippen LogP) is 2.86. The molecule has 0 fully saturated rings. The van der Waals surface area contributed by atoms with Gasteiger partial charge in [0.2, 0.25) is 0 Å². The Balaban J connectivity index is 2.51. The molecule has 2 aromatic rings. The molecular formula is C14H17N3O. The molecule has 1 aromatic carbocycles. The summed E-state index contributed by atoms with van der Waals surface area (Å²) >= 11 is 0. The lowest BCUT2D eigenvalue weighted by Gasteiger charge is -2.13. The van der Waals surface area contributed by atoms with Gasteiger partial charge in [-0.25, -0.2) is 9.97 Å². The lowest BCUT2D eigenvalue weighted by atomic mass is 10.0. The number of hydrogen-bond donors (Lipinski definition) is 2. The molecule has 1 heterocycles. The van der Waals surface area contributed by atoms with E-state index in [1.54, 1.807) is 24.3 Å². The van der Waals surface area contributed by atoms with Gasteiger partial charge in [-0.15, -0.1) is 0 Å². The lowest BCUT2D eigenvalue weighted by molar-refractivity contribution is 0.475. The molecule has 0 aliphatic carbocycles. The van der Waals surface area contributed by atoms with Crippen LogP contribution in [-0.2, 0) is 0 Å². The van der Waals surface area contributed by atoms with Crippen molar-refractivity contribution in [2.75, 3.05) is 5.73 Å². The topological polar surface area (TPSA) is 72.0 Å². The molecule has 0 amide bonds. The minimum Gasteiger partial charge on any atom is -0.508 e. The maximum absolute atomic E-state index is 9.26. The number of anilines is 1. The molecule has 18 heavy (non-hydrogen) atoms. The standard InChI is InChI=1S/C14H17N3O/c1-8(2)12-9(3)16-14(17-13(12)15)10-4-6-11(18)7-5-10/h4-8,18H,1-3H3,(H2,15,16,17). The molecule has 0 unspecified atom stereocenters. The molecule has 0 spiro atoms. The zero-order valence-corrected chi connectivity index (χ0v) is 10.8. The van der Waals surface area contributed by atoms with Crippen LogP contribution in [0.15, 0.2) is 24.3 Å². The fraction of sp³-hybridized carbons (Fsp3) is 0.286. The van der Waals surface area contributed by atoms with Crippen molar-refractivity contribution >= 4 is 5.82 Å². The van der Waals surface area contributed by atoms with E-state index in [1.807, 2.05) is 6.92 Å². The van der Waals surface area contributed by atoms with Crippen LogP contribution in [0.1, 0.15) is 31.0 Å². The summed E-state index contributed by atoms with van der Waals surface area (Å²) in [5.41, 5.74) is 8.74. The van der Waals surface area contributed by atoms with Crippen molar-refractivity contribution in [1.82, 2.24) is 9.97 Å². The zero-order chi connectivity index (χ0) is 13.3. The monoisotopic (exact) mass is 243 g/mol. The molecule has 3 N–H and O–H groups in total. The maximum Gasteiger partial charge on any atom is 0.161 e. The first-order chi connectivity index (χ1) is 8.49. The van der Waals surface area contributed by atoms with Gasteiger partial charge in [-0.3, -0.25) is 0 Å². The van der Waals surface area contributed by atoms with Gasteiger partial charge in [-0.2, -0.15) is 0 Å². The molecular weight excluding hydrogens is 226 g/mol. The summed E-state index contributed by atoms with van der Waals surface area (Å²) in [6.45, 7) is 6.09. The van der Waals surface area contributed by atoms with Crippen LogP contribution in [-0.4, -0.2) is 15.1 Å². The molecule has 0 aliphatic heterocycles. The van der Waals surface area contributed by atoms with E-state index < -0.39 is 0 Å². The van der Waals surface area contributed by atoms with E-state index in [-0.39, 0.29) is 5.75 Å². The van der Waals surface area contributed by atoms with Crippen molar-refractivity contribution in [3.05, 3.63) is 35.5 Å². The van der Waals surface area contributed by atoms with Gasteiger partial charge in [0, 0.05) is 16.8 Å². The summed E-state index contributed by atoms with van der Waals surface area (Å²) in [7, 11) is 0. The third-order valence-corrected chi connectivity index (χ3v) is 2.87. The fourth-order valence-electron chi connectivity index (χ4n) is 2.06. The van der Waals surface area contributed by atoms with Crippen molar-refractivity contribution in [2.24, 2.45) is 0 Å². The van der Waals surface area contributed by atoms with Crippen LogP contribution in [0.2, 0.25) is 0 Å². The number of benzene rings is 1. The van der Waals surface area contributed by atoms with E-state index in [1.165, 1.54) is 0 Å². The number of aromatic hydroxyl groups is 1. The Kier molecular flexibility index (Phi) is 3.19. The average molecular weight is 243 g/mol. The number of phenolic OH excluding ortho intramolecular Hbond substituents is 1. The van der Waals surface area contributed by atoms with Gasteiger partial charge >= 0.3 is 0 Å². The van der Waals surface area contributed by atoms with Gasteiger partial charge in [0.1, 0.15) is 11.6 Å². The number of nitrogen functional groups attached to an aromatic ring is 1. The number of hydrogen-bond acceptors (Lipinski definition) is 4. The SMILES string of the molecule is Cc1nc(-c2ccc(O)cc2)nc(N)c1C(C)C. The number of aromatic nitrogens is 2. The molecule has 94 valence electrons. The third-order valence-electron chi connectivity index (χ3n) is 2.87. The van der Waals surface area contributed by atoms with E-state index in [9.17, 15) is 5.11 Å². The smallest absolute Gasteiger partial charge is 0.161 e. The highest BCUT2D eigenvalue weighted by molar-refractivity contribution is 5.60. The zero-order valence-electron chi connectivity index (χ0n) is 10.8. The second-order valence-corrected chi connectivity index (χ2v) is 4.63. The van der Waals surface area contributed by atoms with E-state index >= 15 is 0 Å². The molecule has 0 bridgehead atoms. The molecule has 0 radical (unpaired) electrons. The minimum atomic E-state index is 0.224. The van der Waals surface area contributed by atoms with Gasteiger partial charge in [-0.1, -0.05) is 13.8 Å². The summed E-state index contributed by atoms with van der Waals surface area (Å²) in [5.74, 6) is 1.65. The molecule has 0 aliphatic rings.